The van der Waals surface area contributed by atoms with Crippen LogP contribution in [-0.4, -0.2) is 15.7 Å². The Morgan fingerprint density at radius 2 is 0.872 bits per heavy atom. The molecule has 195 valence electrons. The van der Waals surface area contributed by atoms with Crippen LogP contribution in [0.3, 0.4) is 0 Å². The van der Waals surface area contributed by atoms with Gasteiger partial charge in [-0.05, 0) is 48.5 Å². The fourth-order valence-electron chi connectivity index (χ4n) is 4.10. The summed E-state index contributed by atoms with van der Waals surface area (Å²) >= 11 is 0. The third-order valence-electron chi connectivity index (χ3n) is 5.97. The Morgan fingerprint density at radius 3 is 1.21 bits per heavy atom. The molecule has 5 aromatic rings. The second kappa shape index (κ2) is 15.6. The van der Waals surface area contributed by atoms with Crippen LogP contribution in [0.25, 0.3) is 5.76 Å². The van der Waals surface area contributed by atoms with Crippen LogP contribution in [0, 0.1) is 56.5 Å². The first-order valence-electron chi connectivity index (χ1n) is 12.2. The molecule has 5 rings (SSSR count). The predicted molar refractivity (Wildman–Crippen MR) is 161 cm³/mol. The van der Waals surface area contributed by atoms with Gasteiger partial charge in [0.05, 0.1) is 34.7 Å². The number of benzene rings is 5. The molecule has 39 heavy (non-hydrogen) atoms. The van der Waals surface area contributed by atoms with Gasteiger partial charge in [-0.2, -0.15) is 0 Å². The Hall–Kier alpha value is -2.88. The summed E-state index contributed by atoms with van der Waals surface area (Å²) in [5, 5.41) is 13.4. The van der Waals surface area contributed by atoms with Crippen molar-refractivity contribution < 1.29 is 63.5 Å². The standard InChI is InChI=1S/C19H17OP.C15H12O2.Eu/c1-20-21(17-11-5-2-6-12-17,18-13-7-3-8-14-18)19-15-9-4-10-16-19;16-14(12-7-3-1-4-8-12)11-15(17)13-9-5-2-6-10-13;/h2-16H,1H2;1-11,16H;/p+1. The smallest absolute Gasteiger partial charge is 0.350 e. The number of aliphatic hydroxyl groups excluding tert-OH is 1. The SMILES string of the molecule is OC(=CC(=[OH+])c1ccccc1)c1ccccc1.[CH2-][O+]=P(c1ccccc1)(c1ccccc1)c1ccccc1.[Eu]. The quantitative estimate of drug-likeness (QED) is 0.0529. The average molecular weight is 670 g/mol. The van der Waals surface area contributed by atoms with Crippen molar-refractivity contribution in [3.8, 4) is 0 Å². The minimum Gasteiger partial charge on any atom is -0.507 e. The van der Waals surface area contributed by atoms with E-state index >= 15 is 0 Å². The molecule has 0 amide bonds. The molecule has 0 bridgehead atoms. The van der Waals surface area contributed by atoms with E-state index in [0.717, 1.165) is 0 Å². The van der Waals surface area contributed by atoms with E-state index in [2.05, 4.69) is 79.9 Å². The van der Waals surface area contributed by atoms with Crippen molar-refractivity contribution in [1.29, 1.82) is 0 Å². The molecule has 5 aromatic carbocycles. The van der Waals surface area contributed by atoms with Crippen molar-refractivity contribution in [1.82, 2.24) is 0 Å². The molecule has 0 atom stereocenters. The van der Waals surface area contributed by atoms with Gasteiger partial charge >= 0.3 is 5.78 Å². The van der Waals surface area contributed by atoms with Gasteiger partial charge in [-0.1, -0.05) is 103 Å². The molecule has 0 spiro atoms. The monoisotopic (exact) mass is 670 g/mol. The summed E-state index contributed by atoms with van der Waals surface area (Å²) in [4.78, 5) is 9.83. The Balaban J connectivity index is 0.000000215. The van der Waals surface area contributed by atoms with E-state index in [0.29, 0.717) is 11.1 Å². The molecule has 0 saturated heterocycles. The van der Waals surface area contributed by atoms with E-state index < -0.39 is 7.14 Å². The molecular formula is C34H30EuO3P+. The molecule has 0 unspecified atom stereocenters. The Kier molecular flexibility index (Phi) is 12.3. The van der Waals surface area contributed by atoms with Gasteiger partial charge in [-0.15, -0.1) is 0 Å². The number of rotatable bonds is 6. The molecule has 3 nitrogen and oxygen atoms in total. The van der Waals surface area contributed by atoms with Crippen molar-refractivity contribution in [3.63, 3.8) is 0 Å². The van der Waals surface area contributed by atoms with Crippen molar-refractivity contribution in [3.05, 3.63) is 176 Å². The van der Waals surface area contributed by atoms with Gasteiger partial charge in [-0.25, -0.2) is 0 Å². The zero-order valence-corrected chi connectivity index (χ0v) is 24.7. The van der Waals surface area contributed by atoms with Crippen LogP contribution in [0.4, 0.5) is 0 Å². The van der Waals surface area contributed by atoms with Crippen LogP contribution in [0.5, 0.6) is 0 Å². The van der Waals surface area contributed by atoms with E-state index in [1.165, 1.54) is 22.0 Å². The molecule has 0 saturated carbocycles. The first kappa shape index (κ1) is 30.7. The van der Waals surface area contributed by atoms with Gasteiger partial charge in [0.2, 0.25) is 0 Å². The first-order chi connectivity index (χ1) is 18.6. The molecule has 2 N–H and O–H groups in total. The normalized spacial score (nSPS) is 10.8. The van der Waals surface area contributed by atoms with Crippen LogP contribution >= 0.6 is 7.14 Å². The van der Waals surface area contributed by atoms with Crippen molar-refractivity contribution >= 4 is 34.6 Å². The molecule has 0 aromatic heterocycles. The van der Waals surface area contributed by atoms with Crippen LogP contribution in [-0.2, 0) is 4.20 Å². The summed E-state index contributed by atoms with van der Waals surface area (Å²) in [5.41, 5.74) is 1.35. The second-order valence-corrected chi connectivity index (χ2v) is 11.4. The molecule has 0 fully saturated rings. The number of allylic oxidation sites excluding steroid dienone is 1. The number of aliphatic hydroxyl groups is 1. The predicted octanol–water partition coefficient (Wildman–Crippen LogP) is 6.83. The minimum absolute atomic E-state index is 0. The number of hydrogen-bond acceptors (Lipinski definition) is 1. The maximum Gasteiger partial charge on any atom is 0.350 e. The minimum atomic E-state index is -2.15. The van der Waals surface area contributed by atoms with E-state index in [9.17, 15) is 9.90 Å². The van der Waals surface area contributed by atoms with E-state index in [1.54, 1.807) is 24.3 Å². The third-order valence-corrected chi connectivity index (χ3v) is 9.43. The Bertz CT molecular complexity index is 1420. The van der Waals surface area contributed by atoms with E-state index in [4.69, 9.17) is 4.20 Å². The fourth-order valence-corrected chi connectivity index (χ4v) is 7.22. The van der Waals surface area contributed by atoms with Crippen LogP contribution in [0.15, 0.2) is 158 Å². The molecule has 0 heterocycles. The maximum atomic E-state index is 9.83. The van der Waals surface area contributed by atoms with Gasteiger partial charge in [0.15, 0.2) is 0 Å². The summed E-state index contributed by atoms with van der Waals surface area (Å²) < 4.78 is 5.96. The average Bonchev–Trinajstić information content (AvgIpc) is 3.01. The van der Waals surface area contributed by atoms with Crippen LogP contribution < -0.4 is 15.9 Å². The van der Waals surface area contributed by atoms with Gasteiger partial charge in [0.25, 0.3) is 7.14 Å². The molecule has 1 radical (unpaired) electrons. The van der Waals surface area contributed by atoms with E-state index in [1.807, 2.05) is 54.6 Å². The third kappa shape index (κ3) is 7.84. The number of carbonyl (C=O) groups excluding carboxylic acids is 1. The first-order valence-corrected chi connectivity index (χ1v) is 13.9. The largest absolute Gasteiger partial charge is 0.507 e. The summed E-state index contributed by atoms with van der Waals surface area (Å²) in [6, 6.07) is 49.3. The second-order valence-electron chi connectivity index (χ2n) is 8.39. The van der Waals surface area contributed by atoms with Crippen LogP contribution in [0.1, 0.15) is 11.1 Å². The molecule has 0 aliphatic heterocycles. The van der Waals surface area contributed by atoms with Gasteiger partial charge < -0.3 is 9.30 Å². The molecular weight excluding hydrogens is 639 g/mol. The molecule has 0 aliphatic rings. The number of ketones is 1. The number of hydrogen-bond donors (Lipinski definition) is 1. The Labute approximate surface area is 271 Å². The topological polar surface area (TPSA) is 52.9 Å². The van der Waals surface area contributed by atoms with Gasteiger partial charge in [-0.3, -0.25) is 4.79 Å². The summed E-state index contributed by atoms with van der Waals surface area (Å²) in [6.07, 6.45) is 1.35. The zero-order chi connectivity index (χ0) is 26.6. The molecule has 5 heteroatoms. The summed E-state index contributed by atoms with van der Waals surface area (Å²) in [6.45, 7) is 0. The van der Waals surface area contributed by atoms with Gasteiger partial charge in [0.1, 0.15) is 5.76 Å². The zero-order valence-electron chi connectivity index (χ0n) is 21.3. The fraction of sp³-hybridized carbons (Fsp3) is 0. The summed E-state index contributed by atoms with van der Waals surface area (Å²) in [7, 11) is 1.69. The summed E-state index contributed by atoms with van der Waals surface area (Å²) in [5.74, 6) is 0.0962. The molecule has 0 aliphatic carbocycles. The van der Waals surface area contributed by atoms with Crippen molar-refractivity contribution in [2.75, 3.05) is 0 Å². The van der Waals surface area contributed by atoms with Crippen molar-refractivity contribution in [2.45, 2.75) is 0 Å². The van der Waals surface area contributed by atoms with E-state index in [-0.39, 0.29) is 60.9 Å². The van der Waals surface area contributed by atoms with Gasteiger partial charge in [0, 0.05) is 54.9 Å². The maximum absolute atomic E-state index is 9.83. The van der Waals surface area contributed by atoms with Crippen LogP contribution in [0.2, 0.25) is 0 Å². The Morgan fingerprint density at radius 1 is 0.564 bits per heavy atom. The van der Waals surface area contributed by atoms with Crippen molar-refractivity contribution in [2.24, 2.45) is 0 Å².